The van der Waals surface area contributed by atoms with Crippen LogP contribution >= 0.6 is 11.9 Å². The predicted molar refractivity (Wildman–Crippen MR) is 123 cm³/mol. The molecule has 1 fully saturated rings. The first-order chi connectivity index (χ1) is 16.3. The maximum atomic E-state index is 14.2. The second kappa shape index (κ2) is 10.4. The van der Waals surface area contributed by atoms with Gasteiger partial charge in [-0.15, -0.1) is 0 Å². The van der Waals surface area contributed by atoms with Gasteiger partial charge in [-0.05, 0) is 56.3 Å². The zero-order chi connectivity index (χ0) is 24.4. The normalized spacial score (nSPS) is 18.6. The third-order valence-corrected chi connectivity index (χ3v) is 7.01. The second-order valence-electron chi connectivity index (χ2n) is 8.43. The standard InChI is InChI=1S/C24H26F4N2O3S/c1-3-8-30-18-5-4-15(11-16(18)23(33-24(30)31)14-6-9-32-10-7-14)29-34-12-17-21(27)19(25)13(2)20(26)22(17)28/h4-5,11,14,23,29H,3,6-10,12H2,1-2H3. The smallest absolute Gasteiger partial charge is 0.414 e. The van der Waals surface area contributed by atoms with Gasteiger partial charge in [0.25, 0.3) is 0 Å². The average molecular weight is 499 g/mol. The first kappa shape index (κ1) is 24.7. The van der Waals surface area contributed by atoms with E-state index in [1.807, 2.05) is 19.1 Å². The molecule has 1 saturated heterocycles. The number of hydrogen-bond acceptors (Lipinski definition) is 5. The first-order valence-electron chi connectivity index (χ1n) is 11.2. The van der Waals surface area contributed by atoms with E-state index in [9.17, 15) is 22.4 Å². The lowest BCUT2D eigenvalue weighted by molar-refractivity contribution is -0.00433. The summed E-state index contributed by atoms with van der Waals surface area (Å²) in [5, 5.41) is 0. The predicted octanol–water partition coefficient (Wildman–Crippen LogP) is 6.65. The quantitative estimate of drug-likeness (QED) is 0.263. The van der Waals surface area contributed by atoms with Crippen LogP contribution in [-0.4, -0.2) is 25.9 Å². The molecule has 0 radical (unpaired) electrons. The van der Waals surface area contributed by atoms with Gasteiger partial charge in [0.15, 0.2) is 23.3 Å². The Morgan fingerprint density at radius 2 is 1.76 bits per heavy atom. The topological polar surface area (TPSA) is 50.8 Å². The van der Waals surface area contributed by atoms with Crippen LogP contribution in [0.5, 0.6) is 0 Å². The third-order valence-electron chi connectivity index (χ3n) is 6.19. The highest BCUT2D eigenvalue weighted by atomic mass is 32.2. The fourth-order valence-electron chi connectivity index (χ4n) is 4.34. The van der Waals surface area contributed by atoms with Crippen molar-refractivity contribution in [1.29, 1.82) is 0 Å². The van der Waals surface area contributed by atoms with Crippen LogP contribution in [0.4, 0.5) is 33.7 Å². The lowest BCUT2D eigenvalue weighted by atomic mass is 9.87. The van der Waals surface area contributed by atoms with E-state index in [4.69, 9.17) is 9.47 Å². The zero-order valence-corrected chi connectivity index (χ0v) is 19.7. The van der Waals surface area contributed by atoms with Crippen molar-refractivity contribution >= 4 is 29.4 Å². The third kappa shape index (κ3) is 4.70. The van der Waals surface area contributed by atoms with Gasteiger partial charge in [-0.2, -0.15) is 0 Å². The number of anilines is 2. The molecule has 1 N–H and O–H groups in total. The Morgan fingerprint density at radius 1 is 1.09 bits per heavy atom. The number of carbonyl (C=O) groups is 1. The fourth-order valence-corrected chi connectivity index (χ4v) is 5.10. The Bertz CT molecular complexity index is 1050. The number of benzene rings is 2. The summed E-state index contributed by atoms with van der Waals surface area (Å²) in [6.45, 7) is 4.67. The number of nitrogens with one attached hydrogen (secondary N) is 1. The van der Waals surface area contributed by atoms with E-state index >= 15 is 0 Å². The maximum Gasteiger partial charge on any atom is 0.414 e. The van der Waals surface area contributed by atoms with Gasteiger partial charge in [0.2, 0.25) is 0 Å². The van der Waals surface area contributed by atoms with Gasteiger partial charge < -0.3 is 14.2 Å². The van der Waals surface area contributed by atoms with Crippen molar-refractivity contribution in [3.05, 3.63) is 58.2 Å². The van der Waals surface area contributed by atoms with Crippen molar-refractivity contribution in [2.24, 2.45) is 5.92 Å². The summed E-state index contributed by atoms with van der Waals surface area (Å²) < 4.78 is 70.3. The van der Waals surface area contributed by atoms with Crippen molar-refractivity contribution in [2.45, 2.75) is 45.0 Å². The Balaban J connectivity index is 1.56. The van der Waals surface area contributed by atoms with Crippen molar-refractivity contribution in [1.82, 2.24) is 0 Å². The number of rotatable bonds is 7. The summed E-state index contributed by atoms with van der Waals surface area (Å²) in [7, 11) is 0. The molecule has 0 aliphatic carbocycles. The van der Waals surface area contributed by atoms with Crippen LogP contribution in [0, 0.1) is 36.1 Å². The number of carbonyl (C=O) groups excluding carboxylic acids is 1. The van der Waals surface area contributed by atoms with Gasteiger partial charge in [0.05, 0.1) is 5.69 Å². The summed E-state index contributed by atoms with van der Waals surface area (Å²) in [6, 6.07) is 5.41. The second-order valence-corrected chi connectivity index (χ2v) is 9.21. The summed E-state index contributed by atoms with van der Waals surface area (Å²) in [5.41, 5.74) is 0.875. The first-order valence-corrected chi connectivity index (χ1v) is 12.2. The van der Waals surface area contributed by atoms with Gasteiger partial charge in [-0.1, -0.05) is 6.92 Å². The largest absolute Gasteiger partial charge is 0.441 e. The van der Waals surface area contributed by atoms with Crippen LogP contribution in [0.15, 0.2) is 18.2 Å². The van der Waals surface area contributed by atoms with Gasteiger partial charge in [-0.25, -0.2) is 22.4 Å². The molecule has 4 rings (SSSR count). The van der Waals surface area contributed by atoms with E-state index in [2.05, 4.69) is 4.72 Å². The molecule has 2 aliphatic heterocycles. The molecule has 2 aromatic rings. The molecule has 34 heavy (non-hydrogen) atoms. The maximum absolute atomic E-state index is 14.2. The van der Waals surface area contributed by atoms with Gasteiger partial charge >= 0.3 is 6.09 Å². The molecule has 5 nitrogen and oxygen atoms in total. The molecule has 184 valence electrons. The van der Waals surface area contributed by atoms with Crippen molar-refractivity contribution in [3.63, 3.8) is 0 Å². The number of fused-ring (bicyclic) bond motifs is 1. The summed E-state index contributed by atoms with van der Waals surface area (Å²) >= 11 is 0.905. The Kier molecular flexibility index (Phi) is 7.57. The molecule has 0 saturated carbocycles. The fraction of sp³-hybridized carbons (Fsp3) is 0.458. The van der Waals surface area contributed by atoms with E-state index < -0.39 is 40.5 Å². The molecular formula is C24H26F4N2O3S. The number of cyclic esters (lactones) is 1. The van der Waals surface area contributed by atoms with Crippen LogP contribution in [0.2, 0.25) is 0 Å². The van der Waals surface area contributed by atoms with Gasteiger partial charge in [0.1, 0.15) is 6.10 Å². The van der Waals surface area contributed by atoms with Crippen molar-refractivity contribution in [2.75, 3.05) is 29.4 Å². The molecule has 1 atom stereocenters. The Morgan fingerprint density at radius 3 is 2.41 bits per heavy atom. The van der Waals surface area contributed by atoms with E-state index in [0.29, 0.717) is 25.4 Å². The number of nitrogens with zero attached hydrogens (tertiary/aromatic N) is 1. The summed E-state index contributed by atoms with van der Waals surface area (Å²) in [6.07, 6.45) is 1.48. The van der Waals surface area contributed by atoms with Crippen LogP contribution in [0.3, 0.4) is 0 Å². The highest BCUT2D eigenvalue weighted by Crippen LogP contribution is 2.43. The lowest BCUT2D eigenvalue weighted by Gasteiger charge is -2.38. The molecule has 0 spiro atoms. The molecule has 1 unspecified atom stereocenters. The molecule has 0 bridgehead atoms. The molecule has 1 amide bonds. The highest BCUT2D eigenvalue weighted by molar-refractivity contribution is 7.99. The average Bonchev–Trinajstić information content (AvgIpc) is 2.85. The molecule has 2 heterocycles. The molecule has 2 aliphatic rings. The minimum absolute atomic E-state index is 0.116. The van der Waals surface area contributed by atoms with E-state index in [0.717, 1.165) is 49.4 Å². The molecule has 0 aromatic heterocycles. The minimum atomic E-state index is -1.39. The van der Waals surface area contributed by atoms with E-state index in [1.54, 1.807) is 11.0 Å². The molecular weight excluding hydrogens is 472 g/mol. The number of halogens is 4. The van der Waals surface area contributed by atoms with Gasteiger partial charge in [0, 0.05) is 53.8 Å². The summed E-state index contributed by atoms with van der Waals surface area (Å²) in [4.78, 5) is 14.3. The van der Waals surface area contributed by atoms with Gasteiger partial charge in [-0.3, -0.25) is 4.90 Å². The summed E-state index contributed by atoms with van der Waals surface area (Å²) in [5.74, 6) is -5.77. The van der Waals surface area contributed by atoms with Crippen LogP contribution in [-0.2, 0) is 15.2 Å². The van der Waals surface area contributed by atoms with Crippen molar-refractivity contribution in [3.8, 4) is 0 Å². The molecule has 2 aromatic carbocycles. The Labute approximate surface area is 199 Å². The number of amides is 1. The monoisotopic (exact) mass is 498 g/mol. The highest BCUT2D eigenvalue weighted by Gasteiger charge is 2.37. The van der Waals surface area contributed by atoms with Crippen molar-refractivity contribution < 1.29 is 31.8 Å². The molecule has 10 heteroatoms. The van der Waals surface area contributed by atoms with Crippen LogP contribution in [0.1, 0.15) is 49.0 Å². The zero-order valence-electron chi connectivity index (χ0n) is 18.9. The lowest BCUT2D eigenvalue weighted by Crippen LogP contribution is -2.40. The van der Waals surface area contributed by atoms with Crippen LogP contribution < -0.4 is 9.62 Å². The SMILES string of the molecule is CCCN1C(=O)OC(C2CCOCC2)c2cc(NSCc3c(F)c(F)c(C)c(F)c3F)ccc21. The van der Waals surface area contributed by atoms with E-state index in [1.165, 1.54) is 0 Å². The minimum Gasteiger partial charge on any atom is -0.441 e. The number of hydrogen-bond donors (Lipinski definition) is 1. The van der Waals surface area contributed by atoms with E-state index in [-0.39, 0.29) is 17.8 Å². The number of ether oxygens (including phenoxy) is 2. The van der Waals surface area contributed by atoms with Crippen LogP contribution in [0.25, 0.3) is 0 Å². The Hall–Kier alpha value is -2.46.